The first-order valence-corrected chi connectivity index (χ1v) is 5.59. The van der Waals surface area contributed by atoms with Crippen LogP contribution in [0.2, 0.25) is 0 Å². The Morgan fingerprint density at radius 3 is 2.61 bits per heavy atom. The van der Waals surface area contributed by atoms with Crippen LogP contribution >= 0.6 is 11.6 Å². The lowest BCUT2D eigenvalue weighted by molar-refractivity contribution is 0.0683. The smallest absolute Gasteiger partial charge is 0.373 e. The van der Waals surface area contributed by atoms with E-state index in [1.807, 2.05) is 0 Å². The second-order valence-corrected chi connectivity index (χ2v) is 3.57. The lowest BCUT2D eigenvalue weighted by Crippen LogP contribution is -2.04. The van der Waals surface area contributed by atoms with Crippen LogP contribution in [0.5, 0.6) is 5.75 Å². The molecule has 0 aliphatic carbocycles. The number of aromatic carboxylic acids is 1. The number of hydrogen-bond donors (Lipinski definition) is 1. The summed E-state index contributed by atoms with van der Waals surface area (Å²) >= 11 is 5.44. The maximum Gasteiger partial charge on any atom is 0.373 e. The molecule has 18 heavy (non-hydrogen) atoms. The molecule has 0 atom stereocenters. The Kier molecular flexibility index (Phi) is 3.74. The summed E-state index contributed by atoms with van der Waals surface area (Å²) in [5.74, 6) is -0.742. The van der Waals surface area contributed by atoms with Gasteiger partial charge in [0.2, 0.25) is 5.82 Å². The summed E-state index contributed by atoms with van der Waals surface area (Å²) in [6.45, 7) is 0. The van der Waals surface area contributed by atoms with Crippen LogP contribution in [0.4, 0.5) is 0 Å². The van der Waals surface area contributed by atoms with Gasteiger partial charge >= 0.3 is 5.97 Å². The van der Waals surface area contributed by atoms with Gasteiger partial charge in [-0.1, -0.05) is 11.6 Å². The van der Waals surface area contributed by atoms with Gasteiger partial charge < -0.3 is 9.84 Å². The zero-order chi connectivity index (χ0) is 13.0. The summed E-state index contributed by atoms with van der Waals surface area (Å²) < 4.78 is 5.10. The van der Waals surface area contributed by atoms with Crippen LogP contribution in [0.1, 0.15) is 10.6 Å². The largest absolute Gasteiger partial charge is 0.478 e. The third kappa shape index (κ3) is 2.75. The summed E-state index contributed by atoms with van der Waals surface area (Å²) in [5, 5.41) is 8.81. The van der Waals surface area contributed by atoms with Crippen LogP contribution in [0.25, 0.3) is 11.3 Å². The highest BCUT2D eigenvalue weighted by Gasteiger charge is 2.08. The number of rotatable bonds is 4. The third-order valence-electron chi connectivity index (χ3n) is 2.22. The minimum atomic E-state index is -1.15. The van der Waals surface area contributed by atoms with E-state index in [1.165, 1.54) is 6.20 Å². The molecule has 0 fully saturated rings. The fourth-order valence-corrected chi connectivity index (χ4v) is 1.53. The summed E-state index contributed by atoms with van der Waals surface area (Å²) in [7, 11) is 0. The van der Waals surface area contributed by atoms with E-state index in [0.29, 0.717) is 11.4 Å². The summed E-state index contributed by atoms with van der Waals surface area (Å²) in [4.78, 5) is 18.4. The number of nitrogens with zero attached hydrogens (tertiary/aromatic N) is 2. The fourth-order valence-electron chi connectivity index (χ4n) is 1.41. The molecule has 0 saturated carbocycles. The first-order valence-electron chi connectivity index (χ1n) is 5.06. The van der Waals surface area contributed by atoms with Crippen molar-refractivity contribution in [2.24, 2.45) is 0 Å². The highest BCUT2D eigenvalue weighted by Crippen LogP contribution is 2.20. The molecule has 0 aliphatic rings. The number of alkyl halides is 1. The molecule has 0 spiro atoms. The van der Waals surface area contributed by atoms with Crippen molar-refractivity contribution in [1.29, 1.82) is 0 Å². The van der Waals surface area contributed by atoms with Gasteiger partial charge in [0.05, 0.1) is 5.69 Å². The predicted octanol–water partition coefficient (Wildman–Crippen LogP) is 2.42. The molecule has 0 amide bonds. The van der Waals surface area contributed by atoms with Crippen molar-refractivity contribution < 1.29 is 14.6 Å². The quantitative estimate of drug-likeness (QED) is 0.859. The molecular weight excluding hydrogens is 256 g/mol. The standard InChI is InChI=1S/C12H9ClN2O3/c13-7-18-9-3-1-8(2-4-9)10-5-6-14-11(15-10)12(16)17/h1-6H,7H2,(H,16,17). The van der Waals surface area contributed by atoms with E-state index in [-0.39, 0.29) is 11.9 Å². The molecule has 5 nitrogen and oxygen atoms in total. The normalized spacial score (nSPS) is 10.1. The van der Waals surface area contributed by atoms with Crippen molar-refractivity contribution in [2.45, 2.75) is 0 Å². The number of hydrogen-bond acceptors (Lipinski definition) is 4. The first-order chi connectivity index (χ1) is 8.70. The number of benzene rings is 1. The topological polar surface area (TPSA) is 72.3 Å². The maximum atomic E-state index is 10.8. The number of carboxylic acids is 1. The molecule has 2 aromatic rings. The lowest BCUT2D eigenvalue weighted by atomic mass is 10.1. The average molecular weight is 265 g/mol. The van der Waals surface area contributed by atoms with Crippen LogP contribution in [0.15, 0.2) is 36.5 Å². The Morgan fingerprint density at radius 2 is 2.00 bits per heavy atom. The van der Waals surface area contributed by atoms with Crippen LogP contribution in [0.3, 0.4) is 0 Å². The molecule has 0 aliphatic heterocycles. The van der Waals surface area contributed by atoms with Gasteiger partial charge in [-0.3, -0.25) is 0 Å². The van der Waals surface area contributed by atoms with Gasteiger partial charge in [-0.25, -0.2) is 14.8 Å². The molecule has 6 heteroatoms. The van der Waals surface area contributed by atoms with E-state index >= 15 is 0 Å². The SMILES string of the molecule is O=C(O)c1nccc(-c2ccc(OCCl)cc2)n1. The Balaban J connectivity index is 2.30. The molecular formula is C12H9ClN2O3. The fraction of sp³-hybridized carbons (Fsp3) is 0.0833. The Hall–Kier alpha value is -2.14. The number of halogens is 1. The number of aromatic nitrogens is 2. The van der Waals surface area contributed by atoms with Gasteiger partial charge in [-0.15, -0.1) is 0 Å². The van der Waals surface area contributed by atoms with E-state index in [2.05, 4.69) is 9.97 Å². The molecule has 0 unspecified atom stereocenters. The number of carboxylic acid groups (broad SMARTS) is 1. The highest BCUT2D eigenvalue weighted by molar-refractivity contribution is 6.17. The summed E-state index contributed by atoms with van der Waals surface area (Å²) in [6, 6.07) is 8.74. The summed E-state index contributed by atoms with van der Waals surface area (Å²) in [5.41, 5.74) is 1.32. The van der Waals surface area contributed by atoms with Crippen molar-refractivity contribution in [3.05, 3.63) is 42.4 Å². The van der Waals surface area contributed by atoms with E-state index in [0.717, 1.165) is 5.56 Å². The molecule has 0 radical (unpaired) electrons. The maximum absolute atomic E-state index is 10.8. The minimum Gasteiger partial charge on any atom is -0.478 e. The zero-order valence-electron chi connectivity index (χ0n) is 9.21. The van der Waals surface area contributed by atoms with Crippen molar-refractivity contribution in [3.8, 4) is 17.0 Å². The molecule has 1 aromatic carbocycles. The molecule has 1 aromatic heterocycles. The van der Waals surface area contributed by atoms with E-state index in [1.54, 1.807) is 30.3 Å². The van der Waals surface area contributed by atoms with E-state index in [9.17, 15) is 4.79 Å². The van der Waals surface area contributed by atoms with Crippen LogP contribution in [-0.4, -0.2) is 27.1 Å². The Labute approximate surface area is 108 Å². The average Bonchev–Trinajstić information content (AvgIpc) is 2.40. The summed E-state index contributed by atoms with van der Waals surface area (Å²) in [6.07, 6.45) is 1.41. The first kappa shape index (κ1) is 12.3. The second-order valence-electron chi connectivity index (χ2n) is 3.35. The molecule has 0 saturated heterocycles. The van der Waals surface area contributed by atoms with Crippen LogP contribution < -0.4 is 4.74 Å². The Morgan fingerprint density at radius 1 is 1.28 bits per heavy atom. The van der Waals surface area contributed by atoms with Gasteiger partial charge in [-0.05, 0) is 30.3 Å². The molecule has 1 N–H and O–H groups in total. The Bertz CT molecular complexity index is 558. The van der Waals surface area contributed by atoms with Crippen molar-refractivity contribution in [2.75, 3.05) is 6.07 Å². The molecule has 92 valence electrons. The van der Waals surface area contributed by atoms with Crippen molar-refractivity contribution >= 4 is 17.6 Å². The third-order valence-corrected chi connectivity index (χ3v) is 2.33. The van der Waals surface area contributed by atoms with Crippen LogP contribution in [0, 0.1) is 0 Å². The van der Waals surface area contributed by atoms with Gasteiger partial charge in [0.25, 0.3) is 0 Å². The lowest BCUT2D eigenvalue weighted by Gasteiger charge is -2.04. The number of carbonyl (C=O) groups is 1. The van der Waals surface area contributed by atoms with E-state index in [4.69, 9.17) is 21.4 Å². The van der Waals surface area contributed by atoms with Gasteiger partial charge in [0.15, 0.2) is 6.07 Å². The van der Waals surface area contributed by atoms with E-state index < -0.39 is 5.97 Å². The van der Waals surface area contributed by atoms with Gasteiger partial charge in [0.1, 0.15) is 5.75 Å². The van der Waals surface area contributed by atoms with Crippen LogP contribution in [-0.2, 0) is 0 Å². The molecule has 1 heterocycles. The molecule has 2 rings (SSSR count). The van der Waals surface area contributed by atoms with Gasteiger partial charge in [0, 0.05) is 11.8 Å². The number of ether oxygens (including phenoxy) is 1. The van der Waals surface area contributed by atoms with Crippen molar-refractivity contribution in [3.63, 3.8) is 0 Å². The minimum absolute atomic E-state index is 0.0794. The van der Waals surface area contributed by atoms with Crippen molar-refractivity contribution in [1.82, 2.24) is 9.97 Å². The second kappa shape index (κ2) is 5.46. The zero-order valence-corrected chi connectivity index (χ0v) is 9.96. The predicted molar refractivity (Wildman–Crippen MR) is 65.8 cm³/mol. The monoisotopic (exact) mass is 264 g/mol. The molecule has 0 bridgehead atoms. The van der Waals surface area contributed by atoms with Gasteiger partial charge in [-0.2, -0.15) is 0 Å². The highest BCUT2D eigenvalue weighted by atomic mass is 35.5.